The number of unbranched alkanes of at least 4 members (excludes halogenated alkanes) is 1. The maximum atomic E-state index is 10.1. The van der Waals surface area contributed by atoms with E-state index in [0.717, 1.165) is 36.3 Å². The fraction of sp³-hybridized carbons (Fsp3) is 0.571. The third kappa shape index (κ3) is 2.72. The Kier molecular flexibility index (Phi) is 3.89. The minimum absolute atomic E-state index is 0.129. The predicted octanol–water partition coefficient (Wildman–Crippen LogP) is 3.07. The van der Waals surface area contributed by atoms with Gasteiger partial charge in [-0.05, 0) is 18.6 Å². The van der Waals surface area contributed by atoms with E-state index in [1.165, 1.54) is 0 Å². The van der Waals surface area contributed by atoms with Gasteiger partial charge in [-0.1, -0.05) is 19.8 Å². The maximum absolute atomic E-state index is 10.1. The molecular formula is C14H20O3. The number of methoxy groups -OCH3 is 1. The van der Waals surface area contributed by atoms with Gasteiger partial charge in [-0.25, -0.2) is 0 Å². The van der Waals surface area contributed by atoms with Crippen molar-refractivity contribution in [2.45, 2.75) is 44.8 Å². The van der Waals surface area contributed by atoms with Crippen molar-refractivity contribution in [3.05, 3.63) is 23.8 Å². The number of hydrogen-bond acceptors (Lipinski definition) is 3. The van der Waals surface area contributed by atoms with Crippen LogP contribution in [0.3, 0.4) is 0 Å². The molecule has 1 unspecified atom stereocenters. The first kappa shape index (κ1) is 12.2. The highest BCUT2D eigenvalue weighted by Crippen LogP contribution is 2.38. The smallest absolute Gasteiger partial charge is 0.129 e. The second-order valence-corrected chi connectivity index (χ2v) is 4.54. The molecule has 17 heavy (non-hydrogen) atoms. The molecule has 1 heterocycles. The lowest BCUT2D eigenvalue weighted by molar-refractivity contribution is 0.0605. The average molecular weight is 236 g/mol. The van der Waals surface area contributed by atoms with Crippen molar-refractivity contribution in [3.8, 4) is 11.5 Å². The largest absolute Gasteiger partial charge is 0.497 e. The molecule has 94 valence electrons. The zero-order valence-electron chi connectivity index (χ0n) is 10.5. The van der Waals surface area contributed by atoms with Gasteiger partial charge in [0.2, 0.25) is 0 Å². The van der Waals surface area contributed by atoms with E-state index in [2.05, 4.69) is 6.92 Å². The second kappa shape index (κ2) is 5.41. The van der Waals surface area contributed by atoms with Gasteiger partial charge >= 0.3 is 0 Å². The minimum atomic E-state index is -0.411. The van der Waals surface area contributed by atoms with E-state index in [0.29, 0.717) is 6.42 Å². The van der Waals surface area contributed by atoms with Crippen molar-refractivity contribution in [1.82, 2.24) is 0 Å². The Balaban J connectivity index is 2.15. The van der Waals surface area contributed by atoms with E-state index in [1.54, 1.807) is 7.11 Å². The third-order valence-corrected chi connectivity index (χ3v) is 3.24. The van der Waals surface area contributed by atoms with Gasteiger partial charge in [-0.2, -0.15) is 0 Å². The van der Waals surface area contributed by atoms with Crippen molar-refractivity contribution < 1.29 is 14.6 Å². The molecule has 1 aromatic rings. The molecule has 0 aliphatic carbocycles. The first-order valence-electron chi connectivity index (χ1n) is 6.27. The monoisotopic (exact) mass is 236 g/mol. The van der Waals surface area contributed by atoms with Crippen LogP contribution in [0.5, 0.6) is 11.5 Å². The number of benzene rings is 1. The predicted molar refractivity (Wildman–Crippen MR) is 66.5 cm³/mol. The summed E-state index contributed by atoms with van der Waals surface area (Å²) in [7, 11) is 1.63. The lowest BCUT2D eigenvalue weighted by Gasteiger charge is -2.29. The molecule has 0 saturated carbocycles. The van der Waals surface area contributed by atoms with Crippen molar-refractivity contribution in [3.63, 3.8) is 0 Å². The molecule has 0 radical (unpaired) electrons. The Bertz CT molecular complexity index is 376. The molecule has 0 fully saturated rings. The van der Waals surface area contributed by atoms with Gasteiger partial charge in [0, 0.05) is 18.1 Å². The van der Waals surface area contributed by atoms with Crippen LogP contribution >= 0.6 is 0 Å². The SMILES string of the molecule is CCCCC1C[C@@H](O)c2ccc(OC)cc2O1. The fourth-order valence-electron chi connectivity index (χ4n) is 2.23. The van der Waals surface area contributed by atoms with Crippen LogP contribution in [0.2, 0.25) is 0 Å². The summed E-state index contributed by atoms with van der Waals surface area (Å²) in [6, 6.07) is 5.60. The summed E-state index contributed by atoms with van der Waals surface area (Å²) < 4.78 is 11.1. The number of aliphatic hydroxyl groups is 1. The Morgan fingerprint density at radius 3 is 3.00 bits per heavy atom. The van der Waals surface area contributed by atoms with E-state index < -0.39 is 6.10 Å². The normalized spacial score (nSPS) is 22.8. The highest BCUT2D eigenvalue weighted by molar-refractivity contribution is 5.43. The average Bonchev–Trinajstić information content (AvgIpc) is 2.35. The molecule has 0 bridgehead atoms. The molecule has 3 nitrogen and oxygen atoms in total. The van der Waals surface area contributed by atoms with E-state index in [1.807, 2.05) is 18.2 Å². The Hall–Kier alpha value is -1.22. The Morgan fingerprint density at radius 2 is 2.29 bits per heavy atom. The second-order valence-electron chi connectivity index (χ2n) is 4.54. The van der Waals surface area contributed by atoms with Crippen LogP contribution in [0, 0.1) is 0 Å². The molecule has 0 aromatic heterocycles. The number of ether oxygens (including phenoxy) is 2. The summed E-state index contributed by atoms with van der Waals surface area (Å²) in [5.41, 5.74) is 0.874. The van der Waals surface area contributed by atoms with Crippen LogP contribution in [-0.4, -0.2) is 18.3 Å². The number of rotatable bonds is 4. The zero-order chi connectivity index (χ0) is 12.3. The maximum Gasteiger partial charge on any atom is 0.129 e. The Labute approximate surface area is 102 Å². The van der Waals surface area contributed by atoms with Crippen LogP contribution in [0.1, 0.15) is 44.3 Å². The molecule has 2 atom stereocenters. The fourth-order valence-corrected chi connectivity index (χ4v) is 2.23. The summed E-state index contributed by atoms with van der Waals surface area (Å²) in [4.78, 5) is 0. The van der Waals surface area contributed by atoms with E-state index >= 15 is 0 Å². The Morgan fingerprint density at radius 1 is 1.47 bits per heavy atom. The van der Waals surface area contributed by atoms with Gasteiger partial charge in [-0.15, -0.1) is 0 Å². The summed E-state index contributed by atoms with van der Waals surface area (Å²) in [5, 5.41) is 10.1. The van der Waals surface area contributed by atoms with Gasteiger partial charge in [0.1, 0.15) is 17.6 Å². The molecule has 1 N–H and O–H groups in total. The summed E-state index contributed by atoms with van der Waals surface area (Å²) >= 11 is 0. The zero-order valence-corrected chi connectivity index (χ0v) is 10.5. The van der Waals surface area contributed by atoms with Gasteiger partial charge in [-0.3, -0.25) is 0 Å². The van der Waals surface area contributed by atoms with Crippen LogP contribution in [-0.2, 0) is 0 Å². The summed E-state index contributed by atoms with van der Waals surface area (Å²) in [5.74, 6) is 1.54. The molecule has 0 amide bonds. The molecule has 0 saturated heterocycles. The minimum Gasteiger partial charge on any atom is -0.497 e. The molecule has 0 spiro atoms. The topological polar surface area (TPSA) is 38.7 Å². The first-order valence-corrected chi connectivity index (χ1v) is 6.27. The van der Waals surface area contributed by atoms with Gasteiger partial charge in [0.15, 0.2) is 0 Å². The highest BCUT2D eigenvalue weighted by atomic mass is 16.5. The van der Waals surface area contributed by atoms with Crippen molar-refractivity contribution in [2.75, 3.05) is 7.11 Å². The van der Waals surface area contributed by atoms with E-state index in [9.17, 15) is 5.11 Å². The van der Waals surface area contributed by atoms with Crippen molar-refractivity contribution in [1.29, 1.82) is 0 Å². The first-order chi connectivity index (χ1) is 8.24. The van der Waals surface area contributed by atoms with Crippen LogP contribution in [0.4, 0.5) is 0 Å². The quantitative estimate of drug-likeness (QED) is 0.873. The standard InChI is InChI=1S/C14H20O3/c1-3-4-5-11-8-13(15)12-7-6-10(16-2)9-14(12)17-11/h6-7,9,11,13,15H,3-5,8H2,1-2H3/t11?,13-/m1/s1. The molecule has 1 aliphatic rings. The third-order valence-electron chi connectivity index (χ3n) is 3.24. The van der Waals surface area contributed by atoms with E-state index in [-0.39, 0.29) is 6.10 Å². The lowest BCUT2D eigenvalue weighted by atomic mass is 9.96. The van der Waals surface area contributed by atoms with E-state index in [4.69, 9.17) is 9.47 Å². The van der Waals surface area contributed by atoms with Crippen LogP contribution < -0.4 is 9.47 Å². The number of hydrogen-bond donors (Lipinski definition) is 1. The van der Waals surface area contributed by atoms with Crippen molar-refractivity contribution in [2.24, 2.45) is 0 Å². The summed E-state index contributed by atoms with van der Waals surface area (Å²) in [6.45, 7) is 2.16. The lowest BCUT2D eigenvalue weighted by Crippen LogP contribution is -2.25. The number of aliphatic hydroxyl groups excluding tert-OH is 1. The van der Waals surface area contributed by atoms with Gasteiger partial charge < -0.3 is 14.6 Å². The molecule has 3 heteroatoms. The van der Waals surface area contributed by atoms with Crippen LogP contribution in [0.25, 0.3) is 0 Å². The van der Waals surface area contributed by atoms with Crippen molar-refractivity contribution >= 4 is 0 Å². The molecule has 2 rings (SSSR count). The molecular weight excluding hydrogens is 216 g/mol. The summed E-state index contributed by atoms with van der Waals surface area (Å²) in [6.07, 6.45) is 3.71. The molecule has 1 aliphatic heterocycles. The van der Waals surface area contributed by atoms with Gasteiger partial charge in [0.05, 0.1) is 13.2 Å². The number of fused-ring (bicyclic) bond motifs is 1. The highest BCUT2D eigenvalue weighted by Gasteiger charge is 2.26. The van der Waals surface area contributed by atoms with Crippen LogP contribution in [0.15, 0.2) is 18.2 Å². The van der Waals surface area contributed by atoms with Gasteiger partial charge in [0.25, 0.3) is 0 Å². The molecule has 1 aromatic carbocycles.